The minimum Gasteiger partial charge on any atom is -0.452 e. The monoisotopic (exact) mass is 496 g/mol. The standard InChI is InChI=1S/C28H24N4O5/c1-19-10-12-20(13-11-19)16-31-26(34)22-7-2-3-9-24(22)32-25(33)18-36-28(35)23-8-5-15-30-27(23)37-21-6-4-14-29-17-21/h2-15,17H,16,18H2,1H3,(H,31,34)(H,32,33). The zero-order valence-electron chi connectivity index (χ0n) is 20.0. The zero-order valence-corrected chi connectivity index (χ0v) is 20.0. The minimum atomic E-state index is -0.786. The van der Waals surface area contributed by atoms with Crippen molar-refractivity contribution >= 4 is 23.5 Å². The molecular formula is C28H24N4O5. The lowest BCUT2D eigenvalue weighted by atomic mass is 10.1. The third-order valence-corrected chi connectivity index (χ3v) is 5.19. The van der Waals surface area contributed by atoms with Gasteiger partial charge in [0.25, 0.3) is 11.8 Å². The number of pyridine rings is 2. The first-order valence-electron chi connectivity index (χ1n) is 11.4. The molecule has 0 fully saturated rings. The number of anilines is 1. The Morgan fingerprint density at radius 3 is 2.41 bits per heavy atom. The number of aromatic nitrogens is 2. The molecule has 0 radical (unpaired) electrons. The summed E-state index contributed by atoms with van der Waals surface area (Å²) in [5, 5.41) is 5.47. The van der Waals surface area contributed by atoms with Gasteiger partial charge in [0.2, 0.25) is 5.88 Å². The molecule has 2 amide bonds. The second-order valence-electron chi connectivity index (χ2n) is 7.99. The number of para-hydroxylation sites is 1. The smallest absolute Gasteiger partial charge is 0.344 e. The van der Waals surface area contributed by atoms with Gasteiger partial charge in [-0.15, -0.1) is 0 Å². The number of nitrogens with zero attached hydrogens (tertiary/aromatic N) is 2. The van der Waals surface area contributed by atoms with Crippen LogP contribution in [0.3, 0.4) is 0 Å². The van der Waals surface area contributed by atoms with Gasteiger partial charge in [0.05, 0.1) is 17.4 Å². The van der Waals surface area contributed by atoms with Crippen LogP contribution in [0.1, 0.15) is 31.8 Å². The van der Waals surface area contributed by atoms with Crippen LogP contribution in [-0.4, -0.2) is 34.4 Å². The van der Waals surface area contributed by atoms with Gasteiger partial charge in [0, 0.05) is 18.9 Å². The van der Waals surface area contributed by atoms with Crippen molar-refractivity contribution in [2.24, 2.45) is 0 Å². The fraction of sp³-hybridized carbons (Fsp3) is 0.107. The van der Waals surface area contributed by atoms with Crippen molar-refractivity contribution in [1.29, 1.82) is 0 Å². The van der Waals surface area contributed by atoms with Gasteiger partial charge in [-0.3, -0.25) is 14.6 Å². The first-order chi connectivity index (χ1) is 18.0. The quantitative estimate of drug-likeness (QED) is 0.332. The molecule has 0 unspecified atom stereocenters. The average molecular weight is 497 g/mol. The molecule has 9 nitrogen and oxygen atoms in total. The van der Waals surface area contributed by atoms with E-state index in [4.69, 9.17) is 9.47 Å². The van der Waals surface area contributed by atoms with Crippen LogP contribution in [0.5, 0.6) is 11.6 Å². The molecule has 0 aliphatic carbocycles. The van der Waals surface area contributed by atoms with Crippen LogP contribution in [0, 0.1) is 6.92 Å². The molecule has 0 atom stereocenters. The highest BCUT2D eigenvalue weighted by Crippen LogP contribution is 2.22. The van der Waals surface area contributed by atoms with Crippen molar-refractivity contribution in [2.45, 2.75) is 13.5 Å². The summed E-state index contributed by atoms with van der Waals surface area (Å²) in [6, 6.07) is 20.8. The van der Waals surface area contributed by atoms with Crippen molar-refractivity contribution in [3.8, 4) is 11.6 Å². The molecule has 37 heavy (non-hydrogen) atoms. The minimum absolute atomic E-state index is 0.0245. The van der Waals surface area contributed by atoms with Gasteiger partial charge in [-0.25, -0.2) is 9.78 Å². The van der Waals surface area contributed by atoms with E-state index in [1.165, 1.54) is 18.5 Å². The largest absolute Gasteiger partial charge is 0.452 e. The number of esters is 1. The van der Waals surface area contributed by atoms with Gasteiger partial charge in [-0.2, -0.15) is 0 Å². The summed E-state index contributed by atoms with van der Waals surface area (Å²) in [4.78, 5) is 45.9. The Labute approximate surface area is 213 Å². The lowest BCUT2D eigenvalue weighted by molar-refractivity contribution is -0.119. The van der Waals surface area contributed by atoms with Gasteiger partial charge in [0.15, 0.2) is 6.61 Å². The number of hydrogen-bond donors (Lipinski definition) is 2. The van der Waals surface area contributed by atoms with E-state index in [9.17, 15) is 14.4 Å². The Bertz CT molecular complexity index is 1390. The Balaban J connectivity index is 1.35. The molecule has 4 rings (SSSR count). The van der Waals surface area contributed by atoms with Gasteiger partial charge in [-0.05, 0) is 48.9 Å². The van der Waals surface area contributed by atoms with Crippen molar-refractivity contribution in [2.75, 3.05) is 11.9 Å². The number of nitrogens with one attached hydrogen (secondary N) is 2. The molecule has 0 aliphatic rings. The van der Waals surface area contributed by atoms with E-state index in [2.05, 4.69) is 20.6 Å². The molecule has 2 aromatic carbocycles. The first kappa shape index (κ1) is 25.1. The Kier molecular flexibility index (Phi) is 8.18. The number of carbonyl (C=O) groups is 3. The third-order valence-electron chi connectivity index (χ3n) is 5.19. The van der Waals surface area contributed by atoms with Crippen LogP contribution in [0.25, 0.3) is 0 Å². The highest BCUT2D eigenvalue weighted by atomic mass is 16.5. The van der Waals surface area contributed by atoms with E-state index in [-0.39, 0.29) is 22.9 Å². The average Bonchev–Trinajstić information content (AvgIpc) is 2.92. The molecule has 0 bridgehead atoms. The Morgan fingerprint density at radius 1 is 0.865 bits per heavy atom. The van der Waals surface area contributed by atoms with Gasteiger partial charge >= 0.3 is 5.97 Å². The third kappa shape index (κ3) is 6.98. The van der Waals surface area contributed by atoms with Crippen molar-refractivity contribution in [1.82, 2.24) is 15.3 Å². The molecule has 2 heterocycles. The summed E-state index contributed by atoms with van der Waals surface area (Å²) in [6.07, 6.45) is 4.53. The molecule has 0 aliphatic heterocycles. The molecule has 0 spiro atoms. The van der Waals surface area contributed by atoms with Gasteiger partial charge < -0.3 is 20.1 Å². The normalized spacial score (nSPS) is 10.3. The summed E-state index contributed by atoms with van der Waals surface area (Å²) in [7, 11) is 0. The summed E-state index contributed by atoms with van der Waals surface area (Å²) < 4.78 is 10.8. The molecule has 9 heteroatoms. The SMILES string of the molecule is Cc1ccc(CNC(=O)c2ccccc2NC(=O)COC(=O)c2cccnc2Oc2cccnc2)cc1. The number of rotatable bonds is 9. The van der Waals surface area contributed by atoms with Crippen LogP contribution in [0.4, 0.5) is 5.69 Å². The highest BCUT2D eigenvalue weighted by Gasteiger charge is 2.18. The number of benzene rings is 2. The molecule has 2 N–H and O–H groups in total. The summed E-state index contributed by atoms with van der Waals surface area (Å²) >= 11 is 0. The lowest BCUT2D eigenvalue weighted by Gasteiger charge is -2.12. The number of carbonyl (C=O) groups excluding carboxylic acids is 3. The van der Waals surface area contributed by atoms with E-state index in [1.807, 2.05) is 31.2 Å². The molecule has 186 valence electrons. The van der Waals surface area contributed by atoms with Crippen LogP contribution >= 0.6 is 0 Å². The highest BCUT2D eigenvalue weighted by molar-refractivity contribution is 6.04. The molecule has 4 aromatic rings. The summed E-state index contributed by atoms with van der Waals surface area (Å²) in [6.45, 7) is 1.76. The van der Waals surface area contributed by atoms with Crippen LogP contribution in [0.15, 0.2) is 91.4 Å². The zero-order chi connectivity index (χ0) is 26.0. The van der Waals surface area contributed by atoms with Gasteiger partial charge in [0.1, 0.15) is 11.3 Å². The molecule has 0 saturated heterocycles. The first-order valence-corrected chi connectivity index (χ1v) is 11.4. The Hall–Kier alpha value is -5.05. The van der Waals surface area contributed by atoms with Crippen molar-refractivity contribution in [3.63, 3.8) is 0 Å². The molecule has 0 saturated carbocycles. The number of aryl methyl sites for hydroxylation is 1. The maximum atomic E-state index is 12.8. The van der Waals surface area contributed by atoms with E-state index < -0.39 is 18.5 Å². The summed E-state index contributed by atoms with van der Waals surface area (Å²) in [5.41, 5.74) is 2.72. The lowest BCUT2D eigenvalue weighted by Crippen LogP contribution is -2.26. The molecular weight excluding hydrogens is 472 g/mol. The fourth-order valence-electron chi connectivity index (χ4n) is 3.32. The maximum absolute atomic E-state index is 12.8. The van der Waals surface area contributed by atoms with E-state index in [0.717, 1.165) is 11.1 Å². The predicted molar refractivity (Wildman–Crippen MR) is 136 cm³/mol. The maximum Gasteiger partial charge on any atom is 0.344 e. The second-order valence-corrected chi connectivity index (χ2v) is 7.99. The summed E-state index contributed by atoms with van der Waals surface area (Å²) in [5.74, 6) is -1.32. The van der Waals surface area contributed by atoms with E-state index >= 15 is 0 Å². The van der Waals surface area contributed by atoms with E-state index in [1.54, 1.807) is 48.7 Å². The number of amides is 2. The second kappa shape index (κ2) is 12.1. The predicted octanol–water partition coefficient (Wildman–Crippen LogP) is 4.30. The fourth-order valence-corrected chi connectivity index (χ4v) is 3.32. The van der Waals surface area contributed by atoms with Gasteiger partial charge in [-0.1, -0.05) is 42.0 Å². The van der Waals surface area contributed by atoms with Crippen molar-refractivity contribution < 1.29 is 23.9 Å². The van der Waals surface area contributed by atoms with E-state index in [0.29, 0.717) is 18.0 Å². The molecule has 2 aromatic heterocycles. The van der Waals surface area contributed by atoms with Crippen LogP contribution in [-0.2, 0) is 16.1 Å². The van der Waals surface area contributed by atoms with Crippen LogP contribution < -0.4 is 15.4 Å². The topological polar surface area (TPSA) is 120 Å². The van der Waals surface area contributed by atoms with Crippen molar-refractivity contribution in [3.05, 3.63) is 114 Å². The van der Waals surface area contributed by atoms with Crippen LogP contribution in [0.2, 0.25) is 0 Å². The number of hydrogen-bond acceptors (Lipinski definition) is 7. The number of ether oxygens (including phenoxy) is 2. The Morgan fingerprint density at radius 2 is 1.62 bits per heavy atom.